The van der Waals surface area contributed by atoms with Gasteiger partial charge in [-0.25, -0.2) is 13.4 Å². The van der Waals surface area contributed by atoms with E-state index in [-0.39, 0.29) is 0 Å². The zero-order chi connectivity index (χ0) is 14.8. The second-order valence-electron chi connectivity index (χ2n) is 5.15. The van der Waals surface area contributed by atoms with E-state index in [1.54, 1.807) is 0 Å². The smallest absolute Gasteiger partial charge is 0.211 e. The fourth-order valence-corrected chi connectivity index (χ4v) is 3.26. The predicted molar refractivity (Wildman–Crippen MR) is 80.4 cm³/mol. The molecule has 1 aromatic heterocycles. The van der Waals surface area contributed by atoms with Crippen LogP contribution in [-0.2, 0) is 16.6 Å². The Kier molecular flexibility index (Phi) is 4.62. The third-order valence-electron chi connectivity index (χ3n) is 3.41. The molecule has 0 aromatic carbocycles. The Bertz CT molecular complexity index is 566. The molecule has 0 spiro atoms. The first-order valence-corrected chi connectivity index (χ1v) is 8.57. The van der Waals surface area contributed by atoms with E-state index in [4.69, 9.17) is 0 Å². The Hall–Kier alpha value is -1.18. The predicted octanol–water partition coefficient (Wildman–Crippen LogP) is 0.191. The highest BCUT2D eigenvalue weighted by Crippen LogP contribution is 2.17. The Balaban J connectivity index is 2.10. The van der Waals surface area contributed by atoms with Crippen LogP contribution in [0.1, 0.15) is 11.3 Å². The molecule has 0 atom stereocenters. The van der Waals surface area contributed by atoms with Crippen LogP contribution >= 0.6 is 0 Å². The molecule has 0 radical (unpaired) electrons. The van der Waals surface area contributed by atoms with E-state index in [2.05, 4.69) is 27.3 Å². The molecule has 1 aliphatic rings. The van der Waals surface area contributed by atoms with Gasteiger partial charge in [0.05, 0.1) is 6.26 Å². The summed E-state index contributed by atoms with van der Waals surface area (Å²) < 4.78 is 24.5. The summed E-state index contributed by atoms with van der Waals surface area (Å²) in [7, 11) is -1.16. The van der Waals surface area contributed by atoms with Crippen molar-refractivity contribution in [1.29, 1.82) is 0 Å². The van der Waals surface area contributed by atoms with Crippen molar-refractivity contribution in [2.75, 3.05) is 44.4 Å². The van der Waals surface area contributed by atoms with Crippen LogP contribution in [0, 0.1) is 6.92 Å². The van der Waals surface area contributed by atoms with Gasteiger partial charge in [0.2, 0.25) is 10.0 Å². The summed E-state index contributed by atoms with van der Waals surface area (Å²) in [4.78, 5) is 6.70. The fourth-order valence-electron chi connectivity index (χ4n) is 2.44. The van der Waals surface area contributed by atoms with Gasteiger partial charge >= 0.3 is 0 Å². The van der Waals surface area contributed by atoms with Crippen molar-refractivity contribution in [3.63, 3.8) is 0 Å². The van der Waals surface area contributed by atoms with Crippen molar-refractivity contribution in [3.8, 4) is 0 Å². The lowest BCUT2D eigenvalue weighted by atomic mass is 10.2. The first-order chi connectivity index (χ1) is 9.40. The molecular formula is C13H22N4O2S. The minimum atomic E-state index is -3.08. The first kappa shape index (κ1) is 15.2. The monoisotopic (exact) mass is 298 g/mol. The van der Waals surface area contributed by atoms with Crippen LogP contribution in [0.3, 0.4) is 0 Å². The quantitative estimate of drug-likeness (QED) is 0.860. The number of sulfonamides is 1. The van der Waals surface area contributed by atoms with Crippen molar-refractivity contribution in [2.24, 2.45) is 0 Å². The van der Waals surface area contributed by atoms with Crippen LogP contribution in [0.4, 0.5) is 5.82 Å². The summed E-state index contributed by atoms with van der Waals surface area (Å²) >= 11 is 0. The maximum Gasteiger partial charge on any atom is 0.211 e. The van der Waals surface area contributed by atoms with Crippen molar-refractivity contribution < 1.29 is 8.42 Å². The topological polar surface area (TPSA) is 65.5 Å². The molecule has 6 nitrogen and oxygen atoms in total. The van der Waals surface area contributed by atoms with Crippen LogP contribution in [0.5, 0.6) is 0 Å². The van der Waals surface area contributed by atoms with Gasteiger partial charge in [-0.15, -0.1) is 0 Å². The number of aromatic nitrogens is 1. The van der Waals surface area contributed by atoms with Gasteiger partial charge in [-0.3, -0.25) is 0 Å². The maximum absolute atomic E-state index is 11.5. The summed E-state index contributed by atoms with van der Waals surface area (Å²) in [5, 5.41) is 3.13. The van der Waals surface area contributed by atoms with Gasteiger partial charge in [0.1, 0.15) is 5.82 Å². The van der Waals surface area contributed by atoms with E-state index in [0.717, 1.165) is 18.1 Å². The molecule has 112 valence electrons. The number of rotatable bonds is 4. The summed E-state index contributed by atoms with van der Waals surface area (Å²) in [5.41, 5.74) is 2.18. The summed E-state index contributed by atoms with van der Waals surface area (Å²) in [6.07, 6.45) is 1.26. The van der Waals surface area contributed by atoms with Gasteiger partial charge in [0.25, 0.3) is 0 Å². The molecule has 0 amide bonds. The van der Waals surface area contributed by atoms with Gasteiger partial charge in [-0.05, 0) is 31.7 Å². The van der Waals surface area contributed by atoms with Crippen LogP contribution in [0.15, 0.2) is 12.1 Å². The highest BCUT2D eigenvalue weighted by molar-refractivity contribution is 7.88. The van der Waals surface area contributed by atoms with Crippen molar-refractivity contribution in [2.45, 2.75) is 13.5 Å². The van der Waals surface area contributed by atoms with Gasteiger partial charge < -0.3 is 10.2 Å². The minimum Gasteiger partial charge on any atom is -0.354 e. The zero-order valence-corrected chi connectivity index (χ0v) is 13.1. The number of hydrogen-bond donors (Lipinski definition) is 1. The Morgan fingerprint density at radius 1 is 1.25 bits per heavy atom. The van der Waals surface area contributed by atoms with E-state index in [1.807, 2.05) is 14.0 Å². The molecule has 1 aliphatic heterocycles. The van der Waals surface area contributed by atoms with Crippen LogP contribution < -0.4 is 10.2 Å². The molecule has 20 heavy (non-hydrogen) atoms. The average Bonchev–Trinajstić information content (AvgIpc) is 2.37. The standard InChI is InChI=1S/C13H22N4O2S/c1-11-8-12(10-14-2)9-13(15-11)16-4-6-17(7-5-16)20(3,18)19/h8-9,14H,4-7,10H2,1-3H3. The second kappa shape index (κ2) is 6.07. The number of piperazine rings is 1. The molecule has 1 saturated heterocycles. The number of pyridine rings is 1. The highest BCUT2D eigenvalue weighted by atomic mass is 32.2. The normalized spacial score (nSPS) is 17.4. The van der Waals surface area contributed by atoms with Crippen LogP contribution in [0.25, 0.3) is 0 Å². The lowest BCUT2D eigenvalue weighted by Crippen LogP contribution is -2.48. The Morgan fingerprint density at radius 2 is 1.90 bits per heavy atom. The van der Waals surface area contributed by atoms with E-state index in [1.165, 1.54) is 16.1 Å². The second-order valence-corrected chi connectivity index (χ2v) is 7.14. The number of hydrogen-bond acceptors (Lipinski definition) is 5. The number of anilines is 1. The fraction of sp³-hybridized carbons (Fsp3) is 0.615. The largest absolute Gasteiger partial charge is 0.354 e. The van der Waals surface area contributed by atoms with Gasteiger partial charge in [0, 0.05) is 38.4 Å². The minimum absolute atomic E-state index is 0.524. The van der Waals surface area contributed by atoms with Gasteiger partial charge in [0.15, 0.2) is 0 Å². The molecule has 2 rings (SSSR count). The summed E-state index contributed by atoms with van der Waals surface area (Å²) in [5.74, 6) is 0.934. The lowest BCUT2D eigenvalue weighted by molar-refractivity contribution is 0.387. The zero-order valence-electron chi connectivity index (χ0n) is 12.3. The molecule has 0 unspecified atom stereocenters. The molecule has 1 fully saturated rings. The number of aryl methyl sites for hydroxylation is 1. The summed E-state index contributed by atoms with van der Waals surface area (Å²) in [6.45, 7) is 5.20. The first-order valence-electron chi connectivity index (χ1n) is 6.72. The van der Waals surface area contributed by atoms with Gasteiger partial charge in [-0.2, -0.15) is 4.31 Å². The summed E-state index contributed by atoms with van der Waals surface area (Å²) in [6, 6.07) is 4.13. The molecule has 1 aromatic rings. The third kappa shape index (κ3) is 3.68. The van der Waals surface area contributed by atoms with Crippen molar-refractivity contribution in [3.05, 3.63) is 23.4 Å². The molecule has 0 saturated carbocycles. The molecule has 7 heteroatoms. The Morgan fingerprint density at radius 3 is 2.45 bits per heavy atom. The van der Waals surface area contributed by atoms with E-state index in [9.17, 15) is 8.42 Å². The van der Waals surface area contributed by atoms with Gasteiger partial charge in [-0.1, -0.05) is 0 Å². The number of nitrogens with zero attached hydrogens (tertiary/aromatic N) is 3. The highest BCUT2D eigenvalue weighted by Gasteiger charge is 2.24. The third-order valence-corrected chi connectivity index (χ3v) is 4.72. The molecular weight excluding hydrogens is 276 g/mol. The van der Waals surface area contributed by atoms with Crippen molar-refractivity contribution in [1.82, 2.24) is 14.6 Å². The van der Waals surface area contributed by atoms with E-state index in [0.29, 0.717) is 26.2 Å². The van der Waals surface area contributed by atoms with E-state index < -0.39 is 10.0 Å². The SMILES string of the molecule is CNCc1cc(C)nc(N2CCN(S(C)(=O)=O)CC2)c1. The molecule has 0 bridgehead atoms. The molecule has 0 aliphatic carbocycles. The number of nitrogens with one attached hydrogen (secondary N) is 1. The molecule has 2 heterocycles. The van der Waals surface area contributed by atoms with Crippen LogP contribution in [0.2, 0.25) is 0 Å². The molecule has 1 N–H and O–H groups in total. The maximum atomic E-state index is 11.5. The van der Waals surface area contributed by atoms with E-state index >= 15 is 0 Å². The van der Waals surface area contributed by atoms with Crippen molar-refractivity contribution >= 4 is 15.8 Å². The lowest BCUT2D eigenvalue weighted by Gasteiger charge is -2.34. The average molecular weight is 298 g/mol. The Labute approximate surface area is 120 Å². The van der Waals surface area contributed by atoms with Crippen LogP contribution in [-0.4, -0.2) is 57.2 Å².